The molecule has 1 fully saturated rings. The third-order valence-electron chi connectivity index (χ3n) is 3.49. The van der Waals surface area contributed by atoms with Gasteiger partial charge in [-0.05, 0) is 65.1 Å². The third kappa shape index (κ3) is 3.28. The van der Waals surface area contributed by atoms with E-state index in [-0.39, 0.29) is 0 Å². The van der Waals surface area contributed by atoms with E-state index in [1.54, 1.807) is 0 Å². The Balaban J connectivity index is 2.07. The molecule has 0 aromatic heterocycles. The molecule has 0 aromatic rings. The van der Waals surface area contributed by atoms with Crippen molar-refractivity contribution in [2.24, 2.45) is 11.1 Å². The summed E-state index contributed by atoms with van der Waals surface area (Å²) >= 11 is 0. The van der Waals surface area contributed by atoms with Gasteiger partial charge in [0.05, 0.1) is 0 Å². The van der Waals surface area contributed by atoms with Gasteiger partial charge in [-0.15, -0.1) is 0 Å². The molecular weight excluding hydrogens is 160 g/mol. The smallest absolute Gasteiger partial charge is 0.00355 e. The first-order chi connectivity index (χ1) is 6.09. The zero-order valence-electron chi connectivity index (χ0n) is 9.34. The van der Waals surface area contributed by atoms with Crippen LogP contribution in [0.3, 0.4) is 0 Å². The summed E-state index contributed by atoms with van der Waals surface area (Å²) in [6, 6.07) is 0.674. The van der Waals surface area contributed by atoms with E-state index in [9.17, 15) is 0 Å². The highest BCUT2D eigenvalue weighted by Crippen LogP contribution is 2.48. The molecule has 0 radical (unpaired) electrons. The molecule has 1 rings (SSSR count). The zero-order chi connectivity index (χ0) is 9.90. The van der Waals surface area contributed by atoms with Crippen molar-refractivity contribution < 1.29 is 0 Å². The summed E-state index contributed by atoms with van der Waals surface area (Å²) < 4.78 is 0. The molecule has 0 bridgehead atoms. The van der Waals surface area contributed by atoms with E-state index in [4.69, 9.17) is 5.73 Å². The average molecular weight is 184 g/mol. The van der Waals surface area contributed by atoms with Crippen molar-refractivity contribution in [3.8, 4) is 0 Å². The summed E-state index contributed by atoms with van der Waals surface area (Å²) in [6.07, 6.45) is 5.39. The first kappa shape index (κ1) is 11.0. The predicted molar refractivity (Wildman–Crippen MR) is 57.7 cm³/mol. The molecule has 78 valence electrons. The maximum atomic E-state index is 5.73. The van der Waals surface area contributed by atoms with Crippen LogP contribution in [0.5, 0.6) is 0 Å². The molecule has 0 atom stereocenters. The summed E-state index contributed by atoms with van der Waals surface area (Å²) in [5, 5.41) is 0. The fourth-order valence-corrected chi connectivity index (χ4v) is 1.69. The van der Waals surface area contributed by atoms with Crippen molar-refractivity contribution >= 4 is 0 Å². The third-order valence-corrected chi connectivity index (χ3v) is 3.49. The molecule has 0 aliphatic heterocycles. The lowest BCUT2D eigenvalue weighted by Crippen LogP contribution is -2.28. The monoisotopic (exact) mass is 184 g/mol. The van der Waals surface area contributed by atoms with Crippen molar-refractivity contribution in [1.82, 2.24) is 4.90 Å². The Morgan fingerprint density at radius 3 is 2.38 bits per heavy atom. The average Bonchev–Trinajstić information content (AvgIpc) is 2.85. The van der Waals surface area contributed by atoms with Crippen molar-refractivity contribution in [2.45, 2.75) is 45.6 Å². The molecule has 13 heavy (non-hydrogen) atoms. The lowest BCUT2D eigenvalue weighted by molar-refractivity contribution is 0.258. The van der Waals surface area contributed by atoms with Crippen LogP contribution >= 0.6 is 0 Å². The van der Waals surface area contributed by atoms with Crippen LogP contribution in [0.15, 0.2) is 0 Å². The summed E-state index contributed by atoms with van der Waals surface area (Å²) in [4.78, 5) is 2.41. The Morgan fingerprint density at radius 2 is 2.00 bits per heavy atom. The van der Waals surface area contributed by atoms with Gasteiger partial charge in [0, 0.05) is 6.04 Å². The Labute approximate surface area is 82.5 Å². The van der Waals surface area contributed by atoms with Gasteiger partial charge in [-0.2, -0.15) is 0 Å². The highest BCUT2D eigenvalue weighted by Gasteiger charge is 2.40. The summed E-state index contributed by atoms with van der Waals surface area (Å²) in [5.74, 6) is 0. The van der Waals surface area contributed by atoms with Gasteiger partial charge in [-0.3, -0.25) is 0 Å². The van der Waals surface area contributed by atoms with Gasteiger partial charge in [0.1, 0.15) is 0 Å². The van der Waals surface area contributed by atoms with Gasteiger partial charge in [-0.1, -0.05) is 0 Å². The first-order valence-corrected chi connectivity index (χ1v) is 5.50. The molecule has 2 N–H and O–H groups in total. The molecule has 0 aromatic carbocycles. The van der Waals surface area contributed by atoms with Gasteiger partial charge < -0.3 is 10.6 Å². The topological polar surface area (TPSA) is 29.3 Å². The normalized spacial score (nSPS) is 19.8. The quantitative estimate of drug-likeness (QED) is 0.682. The van der Waals surface area contributed by atoms with Gasteiger partial charge in [-0.25, -0.2) is 0 Å². The largest absolute Gasteiger partial charge is 0.330 e. The fraction of sp³-hybridized carbons (Fsp3) is 1.00. The number of rotatable bonds is 6. The minimum Gasteiger partial charge on any atom is -0.330 e. The molecule has 2 nitrogen and oxygen atoms in total. The van der Waals surface area contributed by atoms with Gasteiger partial charge >= 0.3 is 0 Å². The van der Waals surface area contributed by atoms with Crippen molar-refractivity contribution in [3.63, 3.8) is 0 Å². The van der Waals surface area contributed by atoms with Crippen LogP contribution in [-0.4, -0.2) is 31.1 Å². The van der Waals surface area contributed by atoms with Crippen LogP contribution in [0.1, 0.15) is 39.5 Å². The Kier molecular flexibility index (Phi) is 3.74. The summed E-state index contributed by atoms with van der Waals surface area (Å²) in [6.45, 7) is 6.61. The SMILES string of the molecule is CC(C)N(C)CCCC1(CN)CC1. The fourth-order valence-electron chi connectivity index (χ4n) is 1.69. The highest BCUT2D eigenvalue weighted by molar-refractivity contribution is 4.93. The molecule has 1 aliphatic carbocycles. The Hall–Kier alpha value is -0.0800. The summed E-state index contributed by atoms with van der Waals surface area (Å²) in [5.41, 5.74) is 6.30. The molecular formula is C11H24N2. The second kappa shape index (κ2) is 4.43. The molecule has 1 aliphatic rings. The lowest BCUT2D eigenvalue weighted by atomic mass is 10.0. The number of nitrogens with zero attached hydrogens (tertiary/aromatic N) is 1. The predicted octanol–water partition coefficient (Wildman–Crippen LogP) is 1.85. The highest BCUT2D eigenvalue weighted by atomic mass is 15.1. The van der Waals surface area contributed by atoms with Crippen LogP contribution in [0.2, 0.25) is 0 Å². The standard InChI is InChI=1S/C11H24N2/c1-10(2)13(3)8-4-5-11(9-12)6-7-11/h10H,4-9,12H2,1-3H3. The second-order valence-electron chi connectivity index (χ2n) is 4.88. The molecule has 1 saturated carbocycles. The van der Waals surface area contributed by atoms with Crippen molar-refractivity contribution in [3.05, 3.63) is 0 Å². The van der Waals surface area contributed by atoms with E-state index < -0.39 is 0 Å². The van der Waals surface area contributed by atoms with Crippen LogP contribution in [0.25, 0.3) is 0 Å². The van der Waals surface area contributed by atoms with Gasteiger partial charge in [0.25, 0.3) is 0 Å². The second-order valence-corrected chi connectivity index (χ2v) is 4.88. The maximum absolute atomic E-state index is 5.73. The Morgan fingerprint density at radius 1 is 1.38 bits per heavy atom. The van der Waals surface area contributed by atoms with E-state index in [1.165, 1.54) is 32.2 Å². The molecule has 2 heteroatoms. The molecule has 0 spiro atoms. The number of hydrogen-bond donors (Lipinski definition) is 1. The minimum atomic E-state index is 0.567. The van der Waals surface area contributed by atoms with Crippen LogP contribution in [-0.2, 0) is 0 Å². The van der Waals surface area contributed by atoms with E-state index in [0.717, 1.165) is 6.54 Å². The molecule has 0 heterocycles. The Bertz CT molecular complexity index is 150. The minimum absolute atomic E-state index is 0.567. The van der Waals surface area contributed by atoms with Crippen LogP contribution < -0.4 is 5.73 Å². The van der Waals surface area contributed by atoms with Crippen molar-refractivity contribution in [2.75, 3.05) is 20.1 Å². The molecule has 0 unspecified atom stereocenters. The first-order valence-electron chi connectivity index (χ1n) is 5.50. The van der Waals surface area contributed by atoms with Gasteiger partial charge in [0.2, 0.25) is 0 Å². The number of nitrogens with two attached hydrogens (primary N) is 1. The van der Waals surface area contributed by atoms with Gasteiger partial charge in [0.15, 0.2) is 0 Å². The van der Waals surface area contributed by atoms with E-state index >= 15 is 0 Å². The van der Waals surface area contributed by atoms with E-state index in [2.05, 4.69) is 25.8 Å². The number of hydrogen-bond acceptors (Lipinski definition) is 2. The van der Waals surface area contributed by atoms with Crippen molar-refractivity contribution in [1.29, 1.82) is 0 Å². The van der Waals surface area contributed by atoms with Crippen LogP contribution in [0.4, 0.5) is 0 Å². The zero-order valence-corrected chi connectivity index (χ0v) is 9.34. The van der Waals surface area contributed by atoms with E-state index in [0.29, 0.717) is 11.5 Å². The lowest BCUT2D eigenvalue weighted by Gasteiger charge is -2.22. The molecule has 0 amide bonds. The summed E-state index contributed by atoms with van der Waals surface area (Å²) in [7, 11) is 2.20. The molecule has 0 saturated heterocycles. The maximum Gasteiger partial charge on any atom is 0.00355 e. The van der Waals surface area contributed by atoms with Crippen LogP contribution in [0, 0.1) is 5.41 Å². The van der Waals surface area contributed by atoms with E-state index in [1.807, 2.05) is 0 Å².